The molecule has 1 saturated carbocycles. The number of amides is 1. The van der Waals surface area contributed by atoms with Gasteiger partial charge in [0.05, 0.1) is 5.54 Å². The first-order valence-corrected chi connectivity index (χ1v) is 7.38. The second-order valence-corrected chi connectivity index (χ2v) is 5.78. The molecule has 2 aliphatic rings. The standard InChI is InChI=1S/C14H26N2O2.ClH/c15-14(8-10-18-11-9-14)13(17)16-12-6-4-2-1-3-5-7-12;/h12H,1-11,15H2,(H,16,17);1H. The molecule has 2 fully saturated rings. The summed E-state index contributed by atoms with van der Waals surface area (Å²) in [5.74, 6) is 0.0383. The summed E-state index contributed by atoms with van der Waals surface area (Å²) < 4.78 is 5.28. The molecule has 0 atom stereocenters. The largest absolute Gasteiger partial charge is 0.381 e. The minimum atomic E-state index is -0.694. The second-order valence-electron chi connectivity index (χ2n) is 5.78. The molecule has 2 rings (SSSR count). The fraction of sp³-hybridized carbons (Fsp3) is 0.929. The SMILES string of the molecule is Cl.NC1(C(=O)NC2CCCCCCC2)CCOCC1. The van der Waals surface area contributed by atoms with Gasteiger partial charge >= 0.3 is 0 Å². The van der Waals surface area contributed by atoms with Gasteiger partial charge in [0, 0.05) is 19.3 Å². The van der Waals surface area contributed by atoms with E-state index >= 15 is 0 Å². The zero-order chi connectivity index (χ0) is 12.8. The first-order valence-electron chi connectivity index (χ1n) is 7.38. The van der Waals surface area contributed by atoms with E-state index in [4.69, 9.17) is 10.5 Å². The molecular formula is C14H27ClN2O2. The first kappa shape index (κ1) is 16.7. The summed E-state index contributed by atoms with van der Waals surface area (Å²) in [5.41, 5.74) is 5.50. The Hall–Kier alpha value is -0.320. The van der Waals surface area contributed by atoms with E-state index in [1.807, 2.05) is 0 Å². The van der Waals surface area contributed by atoms with Crippen molar-refractivity contribution < 1.29 is 9.53 Å². The number of halogens is 1. The number of nitrogens with one attached hydrogen (secondary N) is 1. The Morgan fingerprint density at radius 2 is 1.58 bits per heavy atom. The van der Waals surface area contributed by atoms with Gasteiger partial charge in [0.1, 0.15) is 0 Å². The molecule has 0 radical (unpaired) electrons. The highest BCUT2D eigenvalue weighted by Gasteiger charge is 2.36. The third-order valence-electron chi connectivity index (χ3n) is 4.28. The van der Waals surface area contributed by atoms with Crippen LogP contribution in [0.5, 0.6) is 0 Å². The maximum absolute atomic E-state index is 12.3. The molecule has 112 valence electrons. The predicted molar refractivity (Wildman–Crippen MR) is 78.5 cm³/mol. The Morgan fingerprint density at radius 1 is 1.05 bits per heavy atom. The van der Waals surface area contributed by atoms with E-state index < -0.39 is 5.54 Å². The number of carbonyl (C=O) groups is 1. The number of hydrogen-bond donors (Lipinski definition) is 2. The third kappa shape index (κ3) is 4.93. The average Bonchev–Trinajstić information content (AvgIpc) is 2.33. The minimum absolute atomic E-state index is 0. The Morgan fingerprint density at radius 3 is 2.16 bits per heavy atom. The van der Waals surface area contributed by atoms with E-state index in [1.54, 1.807) is 0 Å². The monoisotopic (exact) mass is 290 g/mol. The van der Waals surface area contributed by atoms with Crippen LogP contribution in [-0.2, 0) is 9.53 Å². The van der Waals surface area contributed by atoms with Crippen molar-refractivity contribution in [3.8, 4) is 0 Å². The number of nitrogens with two attached hydrogens (primary N) is 1. The highest BCUT2D eigenvalue weighted by Crippen LogP contribution is 2.21. The summed E-state index contributed by atoms with van der Waals surface area (Å²) in [5, 5.41) is 3.18. The van der Waals surface area contributed by atoms with Crippen molar-refractivity contribution in [2.24, 2.45) is 5.73 Å². The molecule has 0 aromatic heterocycles. The van der Waals surface area contributed by atoms with Gasteiger partial charge in [0.15, 0.2) is 0 Å². The molecular weight excluding hydrogens is 264 g/mol. The van der Waals surface area contributed by atoms with Gasteiger partial charge < -0.3 is 15.8 Å². The van der Waals surface area contributed by atoms with E-state index in [0.717, 1.165) is 12.8 Å². The van der Waals surface area contributed by atoms with E-state index in [2.05, 4.69) is 5.32 Å². The van der Waals surface area contributed by atoms with Crippen LogP contribution in [-0.4, -0.2) is 30.7 Å². The van der Waals surface area contributed by atoms with Crippen LogP contribution in [0.4, 0.5) is 0 Å². The van der Waals surface area contributed by atoms with Gasteiger partial charge in [-0.15, -0.1) is 12.4 Å². The van der Waals surface area contributed by atoms with E-state index in [0.29, 0.717) is 32.1 Å². The van der Waals surface area contributed by atoms with Crippen LogP contribution < -0.4 is 11.1 Å². The van der Waals surface area contributed by atoms with Crippen LogP contribution >= 0.6 is 12.4 Å². The van der Waals surface area contributed by atoms with E-state index in [9.17, 15) is 4.79 Å². The molecule has 0 aromatic carbocycles. The van der Waals surface area contributed by atoms with Crippen molar-refractivity contribution in [2.75, 3.05) is 13.2 Å². The lowest BCUT2D eigenvalue weighted by Gasteiger charge is -2.34. The van der Waals surface area contributed by atoms with Crippen molar-refractivity contribution in [2.45, 2.75) is 69.4 Å². The lowest BCUT2D eigenvalue weighted by molar-refractivity contribution is -0.130. The Balaban J connectivity index is 0.00000180. The molecule has 1 heterocycles. The minimum Gasteiger partial charge on any atom is -0.381 e. The zero-order valence-corrected chi connectivity index (χ0v) is 12.5. The Labute approximate surface area is 122 Å². The quantitative estimate of drug-likeness (QED) is 0.819. The second kappa shape index (κ2) is 8.08. The summed E-state index contributed by atoms with van der Waals surface area (Å²) in [6, 6.07) is 0.334. The summed E-state index contributed by atoms with van der Waals surface area (Å²) >= 11 is 0. The topological polar surface area (TPSA) is 64.4 Å². The van der Waals surface area contributed by atoms with Crippen LogP contribution in [0.2, 0.25) is 0 Å². The summed E-state index contributed by atoms with van der Waals surface area (Å²) in [6.07, 6.45) is 9.91. The van der Waals surface area contributed by atoms with Crippen molar-refractivity contribution >= 4 is 18.3 Å². The molecule has 1 saturated heterocycles. The molecule has 0 bridgehead atoms. The highest BCUT2D eigenvalue weighted by molar-refractivity contribution is 5.86. The van der Waals surface area contributed by atoms with Crippen molar-refractivity contribution in [1.29, 1.82) is 0 Å². The van der Waals surface area contributed by atoms with Gasteiger partial charge in [-0.2, -0.15) is 0 Å². The van der Waals surface area contributed by atoms with Crippen LogP contribution in [0, 0.1) is 0 Å². The number of rotatable bonds is 2. The summed E-state index contributed by atoms with van der Waals surface area (Å²) in [4.78, 5) is 12.3. The van der Waals surface area contributed by atoms with Crippen molar-refractivity contribution in [1.82, 2.24) is 5.32 Å². The van der Waals surface area contributed by atoms with Crippen LogP contribution in [0.15, 0.2) is 0 Å². The van der Waals surface area contributed by atoms with Crippen LogP contribution in [0.3, 0.4) is 0 Å². The lowest BCUT2D eigenvalue weighted by atomic mass is 9.89. The molecule has 1 amide bonds. The molecule has 5 heteroatoms. The predicted octanol–water partition coefficient (Wildman–Crippen LogP) is 2.15. The molecule has 0 unspecified atom stereocenters. The maximum Gasteiger partial charge on any atom is 0.240 e. The van der Waals surface area contributed by atoms with Crippen LogP contribution in [0.25, 0.3) is 0 Å². The van der Waals surface area contributed by atoms with Gasteiger partial charge in [-0.3, -0.25) is 4.79 Å². The molecule has 4 nitrogen and oxygen atoms in total. The van der Waals surface area contributed by atoms with Gasteiger partial charge in [-0.1, -0.05) is 32.1 Å². The molecule has 1 aliphatic carbocycles. The lowest BCUT2D eigenvalue weighted by Crippen LogP contribution is -2.58. The first-order chi connectivity index (χ1) is 8.71. The fourth-order valence-corrected chi connectivity index (χ4v) is 2.89. The zero-order valence-electron chi connectivity index (χ0n) is 11.7. The van der Waals surface area contributed by atoms with Crippen molar-refractivity contribution in [3.05, 3.63) is 0 Å². The van der Waals surface area contributed by atoms with E-state index in [1.165, 1.54) is 32.1 Å². The fourth-order valence-electron chi connectivity index (χ4n) is 2.89. The van der Waals surface area contributed by atoms with Crippen molar-refractivity contribution in [3.63, 3.8) is 0 Å². The number of hydrogen-bond acceptors (Lipinski definition) is 3. The molecule has 0 aromatic rings. The number of carbonyl (C=O) groups excluding carboxylic acids is 1. The van der Waals surface area contributed by atoms with Gasteiger partial charge in [0.25, 0.3) is 0 Å². The normalized spacial score (nSPS) is 24.7. The van der Waals surface area contributed by atoms with Gasteiger partial charge in [-0.05, 0) is 25.7 Å². The Bertz CT molecular complexity index is 273. The average molecular weight is 291 g/mol. The summed E-state index contributed by atoms with van der Waals surface area (Å²) in [7, 11) is 0. The number of ether oxygens (including phenoxy) is 1. The van der Waals surface area contributed by atoms with Gasteiger partial charge in [-0.25, -0.2) is 0 Å². The molecule has 1 aliphatic heterocycles. The molecule has 0 spiro atoms. The van der Waals surface area contributed by atoms with Gasteiger partial charge in [0.2, 0.25) is 5.91 Å². The van der Waals surface area contributed by atoms with Crippen LogP contribution in [0.1, 0.15) is 57.8 Å². The van der Waals surface area contributed by atoms with E-state index in [-0.39, 0.29) is 18.3 Å². The maximum atomic E-state index is 12.3. The Kier molecular flexibility index (Phi) is 7.11. The smallest absolute Gasteiger partial charge is 0.240 e. The molecule has 19 heavy (non-hydrogen) atoms. The third-order valence-corrected chi connectivity index (χ3v) is 4.28. The highest BCUT2D eigenvalue weighted by atomic mass is 35.5. The summed E-state index contributed by atoms with van der Waals surface area (Å²) in [6.45, 7) is 1.21. The molecule has 3 N–H and O–H groups in total.